The van der Waals surface area contributed by atoms with Crippen molar-refractivity contribution in [2.24, 2.45) is 23.5 Å². The molecule has 0 aliphatic heterocycles. The van der Waals surface area contributed by atoms with Crippen LogP contribution in [0.25, 0.3) is 0 Å². The van der Waals surface area contributed by atoms with Gasteiger partial charge in [-0.1, -0.05) is 0 Å². The highest BCUT2D eigenvalue weighted by atomic mass is 16.5. The number of hydrogen-bond acceptors (Lipinski definition) is 2. The van der Waals surface area contributed by atoms with Gasteiger partial charge in [0.25, 0.3) is 0 Å². The first-order chi connectivity index (χ1) is 11.1. The normalized spacial score (nSPS) is 34.4. The molecule has 0 radical (unpaired) electrons. The predicted octanol–water partition coefficient (Wildman–Crippen LogP) is 4.04. The van der Waals surface area contributed by atoms with Crippen LogP contribution in [0.3, 0.4) is 0 Å². The van der Waals surface area contributed by atoms with Gasteiger partial charge in [-0.2, -0.15) is 0 Å². The maximum atomic E-state index is 11.2. The summed E-state index contributed by atoms with van der Waals surface area (Å²) < 4.78 is 5.94. The molecule has 1 aromatic carbocycles. The second-order valence-corrected chi connectivity index (χ2v) is 7.83. The Hall–Kier alpha value is -1.71. The third-order valence-corrected chi connectivity index (χ3v) is 6.16. The van der Waals surface area contributed by atoms with Gasteiger partial charge in [-0.05, 0) is 86.8 Å². The number of benzene rings is 1. The van der Waals surface area contributed by atoms with Crippen molar-refractivity contribution in [3.05, 3.63) is 23.8 Å². The van der Waals surface area contributed by atoms with E-state index in [9.17, 15) is 4.79 Å². The lowest BCUT2D eigenvalue weighted by Crippen LogP contribution is -2.48. The van der Waals surface area contributed by atoms with Crippen molar-refractivity contribution in [2.75, 3.05) is 11.9 Å². The summed E-state index contributed by atoms with van der Waals surface area (Å²) in [6.07, 6.45) is 8.09. The summed E-state index contributed by atoms with van der Waals surface area (Å²) in [5, 5.41) is 2.73. The lowest BCUT2D eigenvalue weighted by Gasteiger charge is -2.57. The van der Waals surface area contributed by atoms with Crippen LogP contribution in [0.2, 0.25) is 0 Å². The predicted molar refractivity (Wildman–Crippen MR) is 90.7 cm³/mol. The molecule has 4 bridgehead atoms. The number of carbonyl (C=O) groups excluding carboxylic acids is 1. The van der Waals surface area contributed by atoms with E-state index in [1.807, 2.05) is 19.1 Å². The third-order valence-electron chi connectivity index (χ3n) is 6.16. The van der Waals surface area contributed by atoms with E-state index in [0.29, 0.717) is 6.61 Å². The minimum atomic E-state index is -0.509. The van der Waals surface area contributed by atoms with Crippen LogP contribution >= 0.6 is 0 Å². The fraction of sp³-hybridized carbons (Fsp3) is 0.632. The summed E-state index contributed by atoms with van der Waals surface area (Å²) in [7, 11) is 0. The number of nitrogens with one attached hydrogen (secondary N) is 1. The fourth-order valence-electron chi connectivity index (χ4n) is 5.89. The Labute approximate surface area is 137 Å². The molecule has 5 rings (SSSR count). The highest BCUT2D eigenvalue weighted by molar-refractivity contribution is 5.88. The lowest BCUT2D eigenvalue weighted by atomic mass is 9.48. The number of nitrogens with two attached hydrogens (primary N) is 1. The molecule has 3 N–H and O–H groups in total. The van der Waals surface area contributed by atoms with Crippen molar-refractivity contribution >= 4 is 11.7 Å². The Morgan fingerprint density at radius 1 is 1.22 bits per heavy atom. The van der Waals surface area contributed by atoms with Gasteiger partial charge in [-0.3, -0.25) is 0 Å². The second-order valence-electron chi connectivity index (χ2n) is 7.83. The van der Waals surface area contributed by atoms with Gasteiger partial charge in [0.1, 0.15) is 5.75 Å². The number of primary amides is 1. The van der Waals surface area contributed by atoms with E-state index in [2.05, 4.69) is 11.4 Å². The van der Waals surface area contributed by atoms with Crippen LogP contribution in [-0.4, -0.2) is 12.6 Å². The zero-order valence-corrected chi connectivity index (χ0v) is 13.8. The molecule has 23 heavy (non-hydrogen) atoms. The van der Waals surface area contributed by atoms with E-state index in [4.69, 9.17) is 10.5 Å². The third kappa shape index (κ3) is 2.58. The van der Waals surface area contributed by atoms with Crippen LogP contribution in [0.5, 0.6) is 5.75 Å². The van der Waals surface area contributed by atoms with Crippen molar-refractivity contribution in [1.82, 2.24) is 0 Å². The van der Waals surface area contributed by atoms with Gasteiger partial charge in [-0.15, -0.1) is 0 Å². The SMILES string of the molecule is CCOc1ccc(NC(N)=O)cc1C12CC3CC(CC(C3)C1)C2. The standard InChI is InChI=1S/C19H26N2O2/c1-2-23-17-4-3-15(21-18(20)22)8-16(17)19-9-12-5-13(10-19)7-14(6-12)11-19/h3-4,8,12-14H,2,5-7,9-11H2,1H3,(H3,20,21,22). The van der Waals surface area contributed by atoms with Crippen molar-refractivity contribution in [2.45, 2.75) is 50.9 Å². The zero-order valence-electron chi connectivity index (χ0n) is 13.8. The number of hydrogen-bond donors (Lipinski definition) is 2. The molecular weight excluding hydrogens is 288 g/mol. The molecule has 4 aliphatic rings. The molecule has 0 spiro atoms. The smallest absolute Gasteiger partial charge is 0.316 e. The molecule has 0 atom stereocenters. The Kier molecular flexibility index (Phi) is 3.51. The summed E-state index contributed by atoms with van der Waals surface area (Å²) in [6.45, 7) is 2.70. The van der Waals surface area contributed by atoms with Gasteiger partial charge in [0.15, 0.2) is 0 Å². The minimum Gasteiger partial charge on any atom is -0.494 e. The van der Waals surface area contributed by atoms with E-state index in [0.717, 1.165) is 29.2 Å². The zero-order chi connectivity index (χ0) is 16.0. The van der Waals surface area contributed by atoms with Gasteiger partial charge in [-0.25, -0.2) is 4.79 Å². The number of ether oxygens (including phenoxy) is 1. The Bertz CT molecular complexity index is 591. The highest BCUT2D eigenvalue weighted by Crippen LogP contribution is 2.62. The van der Waals surface area contributed by atoms with Gasteiger partial charge in [0, 0.05) is 11.3 Å². The first kappa shape index (κ1) is 14.9. The quantitative estimate of drug-likeness (QED) is 0.880. The minimum absolute atomic E-state index is 0.245. The summed E-state index contributed by atoms with van der Waals surface area (Å²) in [5.74, 6) is 3.62. The topological polar surface area (TPSA) is 64.3 Å². The van der Waals surface area contributed by atoms with Gasteiger partial charge in [0.2, 0.25) is 0 Å². The van der Waals surface area contributed by atoms with E-state index in [1.54, 1.807) is 0 Å². The second kappa shape index (κ2) is 5.43. The van der Waals surface area contributed by atoms with E-state index >= 15 is 0 Å². The van der Waals surface area contributed by atoms with Crippen molar-refractivity contribution in [3.63, 3.8) is 0 Å². The number of carbonyl (C=O) groups is 1. The molecule has 4 nitrogen and oxygen atoms in total. The fourth-order valence-corrected chi connectivity index (χ4v) is 5.89. The first-order valence-electron chi connectivity index (χ1n) is 8.92. The number of rotatable bonds is 4. The Morgan fingerprint density at radius 2 is 1.83 bits per heavy atom. The molecule has 4 aliphatic carbocycles. The van der Waals surface area contributed by atoms with Crippen LogP contribution in [0, 0.1) is 17.8 Å². The van der Waals surface area contributed by atoms with Crippen LogP contribution < -0.4 is 15.8 Å². The molecule has 1 aromatic rings. The molecular formula is C19H26N2O2. The molecule has 124 valence electrons. The molecule has 2 amide bonds. The maximum Gasteiger partial charge on any atom is 0.316 e. The van der Waals surface area contributed by atoms with Crippen molar-refractivity contribution in [3.8, 4) is 5.75 Å². The Balaban J connectivity index is 1.75. The molecule has 4 saturated carbocycles. The molecule has 0 saturated heterocycles. The largest absolute Gasteiger partial charge is 0.494 e. The number of anilines is 1. The summed E-state index contributed by atoms with van der Waals surface area (Å²) in [6, 6.07) is 5.50. The van der Waals surface area contributed by atoms with Crippen molar-refractivity contribution < 1.29 is 9.53 Å². The van der Waals surface area contributed by atoms with E-state index in [-0.39, 0.29) is 5.41 Å². The highest BCUT2D eigenvalue weighted by Gasteiger charge is 2.52. The van der Waals surface area contributed by atoms with E-state index < -0.39 is 6.03 Å². The van der Waals surface area contributed by atoms with Crippen molar-refractivity contribution in [1.29, 1.82) is 0 Å². The first-order valence-corrected chi connectivity index (χ1v) is 8.92. The van der Waals surface area contributed by atoms with Gasteiger partial charge >= 0.3 is 6.03 Å². The molecule has 0 heterocycles. The lowest BCUT2D eigenvalue weighted by molar-refractivity contribution is -0.00630. The molecule has 0 unspecified atom stereocenters. The molecule has 4 fully saturated rings. The summed E-state index contributed by atoms with van der Waals surface area (Å²) in [5.41, 5.74) is 7.62. The molecule has 4 heteroatoms. The molecule has 0 aromatic heterocycles. The van der Waals surface area contributed by atoms with Gasteiger partial charge in [0.05, 0.1) is 6.61 Å². The van der Waals surface area contributed by atoms with Crippen LogP contribution in [0.1, 0.15) is 51.0 Å². The maximum absolute atomic E-state index is 11.2. The van der Waals surface area contributed by atoms with Gasteiger partial charge < -0.3 is 15.8 Å². The monoisotopic (exact) mass is 314 g/mol. The van der Waals surface area contributed by atoms with E-state index in [1.165, 1.54) is 44.1 Å². The average Bonchev–Trinajstić information content (AvgIpc) is 2.47. The number of urea groups is 1. The van der Waals surface area contributed by atoms with Crippen LogP contribution in [0.15, 0.2) is 18.2 Å². The average molecular weight is 314 g/mol. The summed E-state index contributed by atoms with van der Waals surface area (Å²) in [4.78, 5) is 11.2. The van der Waals surface area contributed by atoms with Crippen LogP contribution in [-0.2, 0) is 5.41 Å². The summed E-state index contributed by atoms with van der Waals surface area (Å²) >= 11 is 0. The Morgan fingerprint density at radius 3 is 2.35 bits per heavy atom. The number of amides is 2. The van der Waals surface area contributed by atoms with Crippen LogP contribution in [0.4, 0.5) is 10.5 Å².